The number of aliphatic hydroxyl groups is 1. The molecule has 4 rings (SSSR count). The molecule has 1 aliphatic heterocycles. The van der Waals surface area contributed by atoms with Gasteiger partial charge in [-0.3, -0.25) is 4.79 Å². The van der Waals surface area contributed by atoms with Gasteiger partial charge in [-0.25, -0.2) is 4.39 Å². The third-order valence-corrected chi connectivity index (χ3v) is 6.55. The Bertz CT molecular complexity index is 1240. The number of rotatable bonds is 9. The van der Waals surface area contributed by atoms with E-state index in [1.165, 1.54) is 29.0 Å². The second kappa shape index (κ2) is 12.8. The molecule has 38 heavy (non-hydrogen) atoms. The van der Waals surface area contributed by atoms with Crippen molar-refractivity contribution in [1.29, 1.82) is 0 Å². The van der Waals surface area contributed by atoms with E-state index in [1.54, 1.807) is 23.1 Å². The van der Waals surface area contributed by atoms with Gasteiger partial charge in [-0.15, -0.1) is 25.6 Å². The summed E-state index contributed by atoms with van der Waals surface area (Å²) in [5, 5.41) is 9.24. The molecular weight excluding hydrogens is 530 g/mol. The molecule has 1 fully saturated rings. The van der Waals surface area contributed by atoms with Crippen LogP contribution in [0, 0.1) is 5.82 Å². The van der Waals surface area contributed by atoms with Gasteiger partial charge in [0.2, 0.25) is 0 Å². The molecule has 208 valence electrons. The number of hydrogen-bond acceptors (Lipinski definition) is 5. The Kier molecular flexibility index (Phi) is 10.00. The number of carbonyl (C=O) groups is 1. The number of alkyl halides is 3. The van der Waals surface area contributed by atoms with E-state index in [1.807, 2.05) is 0 Å². The van der Waals surface area contributed by atoms with Crippen molar-refractivity contribution in [2.45, 2.75) is 38.2 Å². The number of aromatic nitrogens is 1. The summed E-state index contributed by atoms with van der Waals surface area (Å²) in [4.78, 5) is 15.1. The van der Waals surface area contributed by atoms with Gasteiger partial charge in [-0.2, -0.15) is 0 Å². The van der Waals surface area contributed by atoms with Crippen LogP contribution in [0.3, 0.4) is 0 Å². The number of nitrogens with zero attached hydrogens (tertiary/aromatic N) is 2. The Hall–Kier alpha value is -2.86. The van der Waals surface area contributed by atoms with Crippen molar-refractivity contribution < 1.29 is 36.9 Å². The highest BCUT2D eigenvalue weighted by Crippen LogP contribution is 2.36. The highest BCUT2D eigenvalue weighted by Gasteiger charge is 2.33. The van der Waals surface area contributed by atoms with E-state index < -0.39 is 12.1 Å². The van der Waals surface area contributed by atoms with Gasteiger partial charge in [0.15, 0.2) is 5.75 Å². The number of nitrogens with two attached hydrogens (primary N) is 1. The van der Waals surface area contributed by atoms with Crippen molar-refractivity contribution in [1.82, 2.24) is 9.47 Å². The minimum Gasteiger partial charge on any atom is -0.404 e. The van der Waals surface area contributed by atoms with Crippen LogP contribution in [0.5, 0.6) is 5.75 Å². The first-order chi connectivity index (χ1) is 17.7. The van der Waals surface area contributed by atoms with Crippen molar-refractivity contribution in [2.24, 2.45) is 5.73 Å². The van der Waals surface area contributed by atoms with Gasteiger partial charge in [-0.05, 0) is 42.0 Å². The lowest BCUT2D eigenvalue weighted by atomic mass is 9.88. The van der Waals surface area contributed by atoms with E-state index in [0.717, 1.165) is 5.56 Å². The summed E-state index contributed by atoms with van der Waals surface area (Å²) in [6.07, 6.45) is -2.30. The number of benzene rings is 2. The first-order valence-electron chi connectivity index (χ1n) is 12.1. The molecule has 0 bridgehead atoms. The molecule has 0 saturated carbocycles. The van der Waals surface area contributed by atoms with Gasteiger partial charge in [-0.1, -0.05) is 24.3 Å². The van der Waals surface area contributed by atoms with Gasteiger partial charge in [0.1, 0.15) is 5.82 Å². The quantitative estimate of drug-likeness (QED) is 0.296. The summed E-state index contributed by atoms with van der Waals surface area (Å²) >= 11 is 0. The van der Waals surface area contributed by atoms with E-state index >= 15 is 0 Å². The molecule has 1 aromatic heterocycles. The zero-order chi connectivity index (χ0) is 26.6. The number of fused-ring (bicyclic) bond motifs is 1. The maximum atomic E-state index is 14.5. The standard InChI is InChI=1S/C26H29F4N3O4.ClH/c27-22-5-4-17(15-31)14-20(22)18-6-8-32(9-7-18)25(35)21-16-33(10-12-36-13-11-34)24-19(21)2-1-3-23(24)37-26(28,29)30;/h1-5,14,16,18,34H,6-13,15,31H2;1H. The predicted octanol–water partition coefficient (Wildman–Crippen LogP) is 4.59. The monoisotopic (exact) mass is 559 g/mol. The number of para-hydroxylation sites is 1. The van der Waals surface area contributed by atoms with Crippen LogP contribution >= 0.6 is 12.4 Å². The Balaban J connectivity index is 0.00000400. The van der Waals surface area contributed by atoms with Crippen LogP contribution in [0.15, 0.2) is 42.6 Å². The Morgan fingerprint density at radius 3 is 2.53 bits per heavy atom. The van der Waals surface area contributed by atoms with Crippen molar-refractivity contribution in [3.63, 3.8) is 0 Å². The van der Waals surface area contributed by atoms with Gasteiger partial charge in [0.25, 0.3) is 5.91 Å². The van der Waals surface area contributed by atoms with Gasteiger partial charge in [0.05, 0.1) is 30.9 Å². The Morgan fingerprint density at radius 2 is 1.87 bits per heavy atom. The maximum Gasteiger partial charge on any atom is 0.573 e. The smallest absolute Gasteiger partial charge is 0.404 e. The van der Waals surface area contributed by atoms with Crippen molar-refractivity contribution in [3.05, 3.63) is 65.1 Å². The molecule has 1 amide bonds. The van der Waals surface area contributed by atoms with Crippen molar-refractivity contribution >= 4 is 29.2 Å². The number of ether oxygens (including phenoxy) is 2. The summed E-state index contributed by atoms with van der Waals surface area (Å²) < 4.78 is 64.7. The minimum absolute atomic E-state index is 0. The van der Waals surface area contributed by atoms with E-state index in [9.17, 15) is 22.4 Å². The molecule has 2 heterocycles. The molecule has 0 atom stereocenters. The number of likely N-dealkylation sites (tertiary alicyclic amines) is 1. The molecule has 7 nitrogen and oxygen atoms in total. The fourth-order valence-corrected chi connectivity index (χ4v) is 4.81. The second-order valence-corrected chi connectivity index (χ2v) is 8.90. The normalized spacial score (nSPS) is 14.5. The molecule has 1 aliphatic rings. The summed E-state index contributed by atoms with van der Waals surface area (Å²) in [5.41, 5.74) is 7.50. The number of hydrogen-bond donors (Lipinski definition) is 2. The summed E-state index contributed by atoms with van der Waals surface area (Å²) in [5.74, 6) is -1.10. The first-order valence-corrected chi connectivity index (χ1v) is 12.1. The van der Waals surface area contributed by atoms with E-state index in [2.05, 4.69) is 4.74 Å². The minimum atomic E-state index is -4.90. The maximum absolute atomic E-state index is 14.5. The lowest BCUT2D eigenvalue weighted by Crippen LogP contribution is -2.38. The van der Waals surface area contributed by atoms with Crippen LogP contribution in [0.25, 0.3) is 10.9 Å². The average molecular weight is 560 g/mol. The van der Waals surface area contributed by atoms with Gasteiger partial charge in [0, 0.05) is 37.8 Å². The van der Waals surface area contributed by atoms with E-state index in [0.29, 0.717) is 43.4 Å². The van der Waals surface area contributed by atoms with Crippen LogP contribution < -0.4 is 10.5 Å². The van der Waals surface area contributed by atoms with Crippen LogP contribution in [-0.4, -0.2) is 59.8 Å². The molecule has 0 unspecified atom stereocenters. The van der Waals surface area contributed by atoms with Gasteiger partial charge < -0.3 is 29.8 Å². The number of carbonyl (C=O) groups excluding carboxylic acids is 1. The highest BCUT2D eigenvalue weighted by atomic mass is 35.5. The zero-order valence-electron chi connectivity index (χ0n) is 20.5. The summed E-state index contributed by atoms with van der Waals surface area (Å²) in [6, 6.07) is 9.02. The van der Waals surface area contributed by atoms with Crippen LogP contribution in [-0.2, 0) is 17.8 Å². The Labute approximate surface area is 223 Å². The molecule has 1 saturated heterocycles. The molecule has 0 radical (unpaired) electrons. The molecule has 2 aromatic carbocycles. The fourth-order valence-electron chi connectivity index (χ4n) is 4.81. The highest BCUT2D eigenvalue weighted by molar-refractivity contribution is 6.08. The van der Waals surface area contributed by atoms with Crippen LogP contribution in [0.2, 0.25) is 0 Å². The van der Waals surface area contributed by atoms with E-state index in [-0.39, 0.29) is 67.5 Å². The molecule has 12 heteroatoms. The number of halogens is 5. The van der Waals surface area contributed by atoms with Crippen LogP contribution in [0.4, 0.5) is 17.6 Å². The third kappa shape index (κ3) is 6.76. The molecular formula is C26H30ClF4N3O4. The number of amides is 1. The molecule has 3 N–H and O–H groups in total. The Morgan fingerprint density at radius 1 is 1.13 bits per heavy atom. The predicted molar refractivity (Wildman–Crippen MR) is 136 cm³/mol. The third-order valence-electron chi connectivity index (χ3n) is 6.55. The largest absolute Gasteiger partial charge is 0.573 e. The lowest BCUT2D eigenvalue weighted by molar-refractivity contribution is -0.274. The van der Waals surface area contributed by atoms with Crippen molar-refractivity contribution in [3.8, 4) is 5.75 Å². The SMILES string of the molecule is Cl.NCc1ccc(F)c(C2CCN(C(=O)c3cn(CCOCCO)c4c(OC(F)(F)F)cccc34)CC2)c1. The van der Waals surface area contributed by atoms with Crippen molar-refractivity contribution in [2.75, 3.05) is 32.9 Å². The zero-order valence-corrected chi connectivity index (χ0v) is 21.4. The fraction of sp³-hybridized carbons (Fsp3) is 0.423. The number of piperidine rings is 1. The number of aliphatic hydroxyl groups excluding tert-OH is 1. The topological polar surface area (TPSA) is 90.0 Å². The molecule has 0 aliphatic carbocycles. The first kappa shape index (κ1) is 29.7. The summed E-state index contributed by atoms with van der Waals surface area (Å²) in [7, 11) is 0. The van der Waals surface area contributed by atoms with Crippen LogP contribution in [0.1, 0.15) is 40.2 Å². The molecule has 3 aromatic rings. The van der Waals surface area contributed by atoms with E-state index in [4.69, 9.17) is 15.6 Å². The molecule has 0 spiro atoms. The second-order valence-electron chi connectivity index (χ2n) is 8.90. The average Bonchev–Trinajstić information content (AvgIpc) is 3.25. The van der Waals surface area contributed by atoms with Gasteiger partial charge >= 0.3 is 6.36 Å². The summed E-state index contributed by atoms with van der Waals surface area (Å²) in [6.45, 7) is 1.23. The lowest BCUT2D eigenvalue weighted by Gasteiger charge is -2.32.